The standard InChI is InChI=1S/C25H28N2O4/c1-16(28)18-10-4-6-12-20(18)26-24(29)22-15-17-9-3-7-13-21(17)27(22)25(30)19-11-5-8-14-23(19)31-2/h4-6,8,10-12,14,17,21-22H,3,7,9,13,15H2,1-2H3,(H,26,29). The Morgan fingerprint density at radius 1 is 0.968 bits per heavy atom. The van der Waals surface area contributed by atoms with Crippen molar-refractivity contribution in [1.82, 2.24) is 4.90 Å². The normalized spacial score (nSPS) is 22.5. The number of fused-ring (bicyclic) bond motifs is 1. The van der Waals surface area contributed by atoms with Crippen molar-refractivity contribution >= 4 is 23.3 Å². The average molecular weight is 421 g/mol. The summed E-state index contributed by atoms with van der Waals surface area (Å²) >= 11 is 0. The predicted molar refractivity (Wildman–Crippen MR) is 118 cm³/mol. The van der Waals surface area contributed by atoms with E-state index in [0.29, 0.717) is 34.9 Å². The van der Waals surface area contributed by atoms with Gasteiger partial charge in [-0.2, -0.15) is 0 Å². The number of nitrogens with one attached hydrogen (secondary N) is 1. The van der Waals surface area contributed by atoms with E-state index < -0.39 is 6.04 Å². The van der Waals surface area contributed by atoms with E-state index in [1.807, 2.05) is 12.1 Å². The van der Waals surface area contributed by atoms with Crippen molar-refractivity contribution in [3.05, 3.63) is 59.7 Å². The number of nitrogens with zero attached hydrogens (tertiary/aromatic N) is 1. The number of para-hydroxylation sites is 2. The molecular formula is C25H28N2O4. The Morgan fingerprint density at radius 2 is 1.65 bits per heavy atom. The van der Waals surface area contributed by atoms with Gasteiger partial charge in [-0.3, -0.25) is 14.4 Å². The Morgan fingerprint density at radius 3 is 2.39 bits per heavy atom. The third kappa shape index (κ3) is 4.07. The summed E-state index contributed by atoms with van der Waals surface area (Å²) in [6.07, 6.45) is 4.74. The van der Waals surface area contributed by atoms with Gasteiger partial charge in [0.05, 0.1) is 18.4 Å². The number of carbonyl (C=O) groups is 3. The first-order chi connectivity index (χ1) is 15.0. The Hall–Kier alpha value is -3.15. The van der Waals surface area contributed by atoms with E-state index in [-0.39, 0.29) is 23.6 Å². The van der Waals surface area contributed by atoms with Crippen molar-refractivity contribution in [2.45, 2.75) is 51.1 Å². The van der Waals surface area contributed by atoms with E-state index in [9.17, 15) is 14.4 Å². The number of anilines is 1. The molecule has 6 nitrogen and oxygen atoms in total. The summed E-state index contributed by atoms with van der Waals surface area (Å²) < 4.78 is 5.41. The highest BCUT2D eigenvalue weighted by Crippen LogP contribution is 2.41. The highest BCUT2D eigenvalue weighted by Gasteiger charge is 2.48. The number of rotatable bonds is 5. The van der Waals surface area contributed by atoms with Crippen LogP contribution < -0.4 is 10.1 Å². The van der Waals surface area contributed by atoms with Crippen LogP contribution in [0.2, 0.25) is 0 Å². The van der Waals surface area contributed by atoms with Crippen LogP contribution in [0.1, 0.15) is 59.7 Å². The van der Waals surface area contributed by atoms with Crippen LogP contribution >= 0.6 is 0 Å². The first kappa shape index (κ1) is 21.1. The highest BCUT2D eigenvalue weighted by atomic mass is 16.5. The maximum absolute atomic E-state index is 13.6. The molecule has 0 aromatic heterocycles. The van der Waals surface area contributed by atoms with Crippen molar-refractivity contribution in [2.75, 3.05) is 12.4 Å². The second-order valence-electron chi connectivity index (χ2n) is 8.37. The number of Topliss-reactive ketones (excluding diaryl/α,β-unsaturated/α-hetero) is 1. The molecule has 2 aromatic carbocycles. The molecule has 2 amide bonds. The lowest BCUT2D eigenvalue weighted by atomic mass is 9.84. The van der Waals surface area contributed by atoms with Gasteiger partial charge in [0, 0.05) is 11.6 Å². The zero-order valence-electron chi connectivity index (χ0n) is 18.0. The molecule has 2 fully saturated rings. The number of amides is 2. The van der Waals surface area contributed by atoms with E-state index >= 15 is 0 Å². The minimum atomic E-state index is -0.578. The van der Waals surface area contributed by atoms with Crippen LogP contribution in [-0.4, -0.2) is 41.7 Å². The van der Waals surface area contributed by atoms with E-state index in [1.165, 1.54) is 6.92 Å². The average Bonchev–Trinajstić information content (AvgIpc) is 3.18. The smallest absolute Gasteiger partial charge is 0.258 e. The van der Waals surface area contributed by atoms with Crippen LogP contribution in [0.15, 0.2) is 48.5 Å². The maximum atomic E-state index is 13.6. The number of hydrogen-bond donors (Lipinski definition) is 1. The fourth-order valence-electron chi connectivity index (χ4n) is 5.06. The molecule has 1 aliphatic heterocycles. The molecule has 1 saturated carbocycles. The van der Waals surface area contributed by atoms with E-state index in [4.69, 9.17) is 4.74 Å². The van der Waals surface area contributed by atoms with Gasteiger partial charge in [-0.05, 0) is 56.4 Å². The fourth-order valence-corrected chi connectivity index (χ4v) is 5.06. The molecule has 4 rings (SSSR count). The number of methoxy groups -OCH3 is 1. The Balaban J connectivity index is 1.66. The van der Waals surface area contributed by atoms with E-state index in [0.717, 1.165) is 25.7 Å². The molecule has 1 saturated heterocycles. The fraction of sp³-hybridized carbons (Fsp3) is 0.400. The number of benzene rings is 2. The Bertz CT molecular complexity index is 1000. The van der Waals surface area contributed by atoms with Crippen LogP contribution in [0.4, 0.5) is 5.69 Å². The van der Waals surface area contributed by atoms with Crippen molar-refractivity contribution < 1.29 is 19.1 Å². The lowest BCUT2D eigenvalue weighted by molar-refractivity contribution is -0.120. The zero-order valence-corrected chi connectivity index (χ0v) is 18.0. The van der Waals surface area contributed by atoms with Crippen molar-refractivity contribution in [3.8, 4) is 5.75 Å². The number of likely N-dealkylation sites (tertiary alicyclic amines) is 1. The predicted octanol–water partition coefficient (Wildman–Crippen LogP) is 4.31. The summed E-state index contributed by atoms with van der Waals surface area (Å²) in [6, 6.07) is 13.6. The van der Waals surface area contributed by atoms with Gasteiger partial charge in [-0.15, -0.1) is 0 Å². The van der Waals surface area contributed by atoms with Crippen molar-refractivity contribution in [2.24, 2.45) is 5.92 Å². The van der Waals surface area contributed by atoms with Crippen LogP contribution in [0.3, 0.4) is 0 Å². The molecule has 0 bridgehead atoms. The quantitative estimate of drug-likeness (QED) is 0.732. The number of carbonyl (C=O) groups excluding carboxylic acids is 3. The van der Waals surface area contributed by atoms with Crippen LogP contribution in [0.5, 0.6) is 5.75 Å². The molecule has 3 unspecified atom stereocenters. The minimum Gasteiger partial charge on any atom is -0.496 e. The second kappa shape index (κ2) is 8.92. The number of hydrogen-bond acceptors (Lipinski definition) is 4. The third-order valence-electron chi connectivity index (χ3n) is 6.53. The topological polar surface area (TPSA) is 75.7 Å². The van der Waals surface area contributed by atoms with Gasteiger partial charge in [-0.1, -0.05) is 37.1 Å². The van der Waals surface area contributed by atoms with Gasteiger partial charge in [0.2, 0.25) is 5.91 Å². The molecule has 31 heavy (non-hydrogen) atoms. The monoisotopic (exact) mass is 420 g/mol. The number of ketones is 1. The summed E-state index contributed by atoms with van der Waals surface area (Å²) in [6.45, 7) is 1.48. The summed E-state index contributed by atoms with van der Waals surface area (Å²) in [5.74, 6) is 0.287. The molecule has 6 heteroatoms. The molecular weight excluding hydrogens is 392 g/mol. The van der Waals surface area contributed by atoms with E-state index in [1.54, 1.807) is 48.4 Å². The largest absolute Gasteiger partial charge is 0.496 e. The Labute approximate surface area is 182 Å². The summed E-state index contributed by atoms with van der Waals surface area (Å²) in [5, 5.41) is 2.92. The Kier molecular flexibility index (Phi) is 6.07. The number of ether oxygens (including phenoxy) is 1. The van der Waals surface area contributed by atoms with Gasteiger partial charge in [-0.25, -0.2) is 0 Å². The van der Waals surface area contributed by atoms with Crippen LogP contribution in [0.25, 0.3) is 0 Å². The first-order valence-electron chi connectivity index (χ1n) is 10.9. The molecule has 1 N–H and O–H groups in total. The molecule has 2 aromatic rings. The van der Waals surface area contributed by atoms with Gasteiger partial charge in [0.15, 0.2) is 5.78 Å². The third-order valence-corrected chi connectivity index (χ3v) is 6.53. The molecule has 0 spiro atoms. The maximum Gasteiger partial charge on any atom is 0.258 e. The molecule has 1 heterocycles. The highest BCUT2D eigenvalue weighted by molar-refractivity contribution is 6.07. The first-order valence-corrected chi connectivity index (χ1v) is 10.9. The van der Waals surface area contributed by atoms with Gasteiger partial charge < -0.3 is 15.0 Å². The zero-order chi connectivity index (χ0) is 22.0. The summed E-state index contributed by atoms with van der Waals surface area (Å²) in [5.41, 5.74) is 1.42. The van der Waals surface area contributed by atoms with Gasteiger partial charge in [0.25, 0.3) is 5.91 Å². The van der Waals surface area contributed by atoms with Crippen LogP contribution in [-0.2, 0) is 4.79 Å². The molecule has 1 aliphatic carbocycles. The van der Waals surface area contributed by atoms with Gasteiger partial charge >= 0.3 is 0 Å². The lowest BCUT2D eigenvalue weighted by Crippen LogP contribution is -2.48. The van der Waals surface area contributed by atoms with Gasteiger partial charge in [0.1, 0.15) is 11.8 Å². The minimum absolute atomic E-state index is 0.0463. The van der Waals surface area contributed by atoms with E-state index in [2.05, 4.69) is 5.32 Å². The molecule has 3 atom stereocenters. The SMILES string of the molecule is COc1ccccc1C(=O)N1C(C(=O)Nc2ccccc2C(C)=O)CC2CCCCC21. The molecule has 162 valence electrons. The summed E-state index contributed by atoms with van der Waals surface area (Å²) in [7, 11) is 1.54. The van der Waals surface area contributed by atoms with Crippen molar-refractivity contribution in [3.63, 3.8) is 0 Å². The molecule has 2 aliphatic rings. The summed E-state index contributed by atoms with van der Waals surface area (Å²) in [4.78, 5) is 40.8. The molecule has 0 radical (unpaired) electrons. The van der Waals surface area contributed by atoms with Crippen LogP contribution in [0, 0.1) is 5.92 Å². The van der Waals surface area contributed by atoms with Crippen molar-refractivity contribution in [1.29, 1.82) is 0 Å². The lowest BCUT2D eigenvalue weighted by Gasteiger charge is -2.34. The second-order valence-corrected chi connectivity index (χ2v) is 8.37.